The van der Waals surface area contributed by atoms with E-state index in [1.165, 1.54) is 17.7 Å². The minimum Gasteiger partial charge on any atom is -0.452 e. The van der Waals surface area contributed by atoms with E-state index in [0.717, 1.165) is 37.7 Å². The Kier molecular flexibility index (Phi) is 6.11. The summed E-state index contributed by atoms with van der Waals surface area (Å²) in [5.74, 6) is -1.10. The molecular formula is C23H26N2O5S. The fraction of sp³-hybridized carbons (Fsp3) is 0.391. The normalized spacial score (nSPS) is 18.2. The van der Waals surface area contributed by atoms with Crippen LogP contribution >= 0.6 is 0 Å². The fourth-order valence-corrected chi connectivity index (χ4v) is 5.16. The van der Waals surface area contributed by atoms with E-state index >= 15 is 0 Å². The summed E-state index contributed by atoms with van der Waals surface area (Å²) in [6.45, 7) is 1.27. The Labute approximate surface area is 182 Å². The lowest BCUT2D eigenvalue weighted by molar-refractivity contribution is -0.125. The van der Waals surface area contributed by atoms with Crippen LogP contribution in [0.15, 0.2) is 47.4 Å². The van der Waals surface area contributed by atoms with Gasteiger partial charge in [0.2, 0.25) is 10.0 Å². The van der Waals surface area contributed by atoms with Crippen LogP contribution in [0.2, 0.25) is 0 Å². The van der Waals surface area contributed by atoms with Crippen molar-refractivity contribution >= 4 is 21.9 Å². The lowest BCUT2D eigenvalue weighted by Gasteiger charge is -2.26. The minimum absolute atomic E-state index is 0.0141. The van der Waals surface area contributed by atoms with Gasteiger partial charge in [0.1, 0.15) is 0 Å². The highest BCUT2D eigenvalue weighted by Crippen LogP contribution is 2.29. The summed E-state index contributed by atoms with van der Waals surface area (Å²) in [4.78, 5) is 25.0. The quantitative estimate of drug-likeness (QED) is 0.642. The molecule has 7 nitrogen and oxygen atoms in total. The van der Waals surface area contributed by atoms with Gasteiger partial charge in [0.15, 0.2) is 6.61 Å². The molecule has 0 heterocycles. The molecule has 8 heteroatoms. The van der Waals surface area contributed by atoms with Gasteiger partial charge >= 0.3 is 5.97 Å². The number of nitrogens with one attached hydrogen (secondary N) is 2. The Morgan fingerprint density at radius 3 is 2.65 bits per heavy atom. The number of amides is 1. The molecule has 2 aromatic rings. The number of aryl methyl sites for hydroxylation is 2. The van der Waals surface area contributed by atoms with E-state index in [2.05, 4.69) is 16.1 Å². The van der Waals surface area contributed by atoms with Crippen LogP contribution in [0.4, 0.5) is 0 Å². The molecule has 0 saturated heterocycles. The molecule has 4 rings (SSSR count). The van der Waals surface area contributed by atoms with Crippen LogP contribution in [0, 0.1) is 6.92 Å². The first kappa shape index (κ1) is 21.5. The molecule has 2 N–H and O–H groups in total. The predicted molar refractivity (Wildman–Crippen MR) is 115 cm³/mol. The third-order valence-corrected chi connectivity index (χ3v) is 7.20. The number of ether oxygens (including phenoxy) is 1. The number of hydrogen-bond acceptors (Lipinski definition) is 5. The maximum absolute atomic E-state index is 12.6. The van der Waals surface area contributed by atoms with E-state index in [4.69, 9.17) is 4.74 Å². The molecule has 31 heavy (non-hydrogen) atoms. The average molecular weight is 443 g/mol. The molecule has 1 unspecified atom stereocenters. The van der Waals surface area contributed by atoms with Crippen LogP contribution in [-0.2, 0) is 26.0 Å². The second-order valence-corrected chi connectivity index (χ2v) is 9.87. The summed E-state index contributed by atoms with van der Waals surface area (Å²) in [5.41, 5.74) is 3.04. The number of carbonyl (C=O) groups excluding carboxylic acids is 2. The van der Waals surface area contributed by atoms with E-state index in [1.807, 2.05) is 18.2 Å². The summed E-state index contributed by atoms with van der Waals surface area (Å²) in [6.07, 6.45) is 4.45. The highest BCUT2D eigenvalue weighted by Gasteiger charge is 2.29. The van der Waals surface area contributed by atoms with Gasteiger partial charge in [-0.2, -0.15) is 0 Å². The fourth-order valence-electron chi connectivity index (χ4n) is 3.83. The van der Waals surface area contributed by atoms with Crippen LogP contribution in [-0.4, -0.2) is 32.9 Å². The lowest BCUT2D eigenvalue weighted by atomic mass is 9.88. The summed E-state index contributed by atoms with van der Waals surface area (Å²) in [7, 11) is -3.69. The highest BCUT2D eigenvalue weighted by molar-refractivity contribution is 7.89. The molecule has 164 valence electrons. The summed E-state index contributed by atoms with van der Waals surface area (Å²) >= 11 is 0. The Morgan fingerprint density at radius 1 is 1.10 bits per heavy atom. The summed E-state index contributed by atoms with van der Waals surface area (Å²) in [5, 5.41) is 2.94. The number of esters is 1. The molecule has 0 bridgehead atoms. The Morgan fingerprint density at radius 2 is 1.87 bits per heavy atom. The molecule has 0 aromatic heterocycles. The first-order valence-corrected chi connectivity index (χ1v) is 12.0. The van der Waals surface area contributed by atoms with Crippen molar-refractivity contribution in [1.82, 2.24) is 10.0 Å². The van der Waals surface area contributed by atoms with Gasteiger partial charge in [-0.1, -0.05) is 30.3 Å². The van der Waals surface area contributed by atoms with Crippen molar-refractivity contribution in [2.45, 2.75) is 56.0 Å². The lowest BCUT2D eigenvalue weighted by Crippen LogP contribution is -2.34. The van der Waals surface area contributed by atoms with Gasteiger partial charge in [-0.3, -0.25) is 4.79 Å². The summed E-state index contributed by atoms with van der Waals surface area (Å²) < 4.78 is 32.6. The zero-order chi connectivity index (χ0) is 22.0. The van der Waals surface area contributed by atoms with Crippen LogP contribution in [0.3, 0.4) is 0 Å². The average Bonchev–Trinajstić information content (AvgIpc) is 3.56. The Hall–Kier alpha value is -2.71. The number of fused-ring (bicyclic) bond motifs is 1. The number of benzene rings is 2. The van der Waals surface area contributed by atoms with E-state index in [-0.39, 0.29) is 28.4 Å². The van der Waals surface area contributed by atoms with E-state index < -0.39 is 22.6 Å². The Bertz CT molecular complexity index is 1110. The van der Waals surface area contributed by atoms with Crippen molar-refractivity contribution < 1.29 is 22.7 Å². The number of rotatable bonds is 7. The second kappa shape index (κ2) is 8.80. The van der Waals surface area contributed by atoms with Crippen LogP contribution < -0.4 is 10.0 Å². The van der Waals surface area contributed by atoms with Crippen molar-refractivity contribution in [3.63, 3.8) is 0 Å². The number of carbonyl (C=O) groups is 2. The molecule has 1 amide bonds. The van der Waals surface area contributed by atoms with Crippen LogP contribution in [0.1, 0.15) is 58.8 Å². The molecule has 2 aromatic carbocycles. The molecule has 1 fully saturated rings. The van der Waals surface area contributed by atoms with Crippen molar-refractivity contribution in [3.8, 4) is 0 Å². The number of hydrogen-bond donors (Lipinski definition) is 2. The zero-order valence-electron chi connectivity index (χ0n) is 17.4. The van der Waals surface area contributed by atoms with Gasteiger partial charge in [-0.05, 0) is 67.9 Å². The third-order valence-electron chi connectivity index (χ3n) is 5.68. The monoisotopic (exact) mass is 442 g/mol. The third kappa shape index (κ3) is 5.14. The molecule has 0 aliphatic heterocycles. The van der Waals surface area contributed by atoms with Crippen molar-refractivity contribution in [2.24, 2.45) is 0 Å². The van der Waals surface area contributed by atoms with Gasteiger partial charge in [-0.25, -0.2) is 17.9 Å². The first-order valence-electron chi connectivity index (χ1n) is 10.5. The maximum atomic E-state index is 12.6. The zero-order valence-corrected chi connectivity index (χ0v) is 18.2. The Balaban J connectivity index is 1.39. The second-order valence-electron chi connectivity index (χ2n) is 8.16. The van der Waals surface area contributed by atoms with Crippen LogP contribution in [0.25, 0.3) is 0 Å². The molecule has 0 spiro atoms. The molecule has 1 atom stereocenters. The smallest absolute Gasteiger partial charge is 0.338 e. The summed E-state index contributed by atoms with van der Waals surface area (Å²) in [6, 6.07) is 12.2. The van der Waals surface area contributed by atoms with E-state index in [1.54, 1.807) is 13.0 Å². The number of sulfonamides is 1. The first-order chi connectivity index (χ1) is 14.8. The van der Waals surface area contributed by atoms with E-state index in [9.17, 15) is 18.0 Å². The molecule has 0 radical (unpaired) electrons. The topological polar surface area (TPSA) is 102 Å². The van der Waals surface area contributed by atoms with Crippen molar-refractivity contribution in [2.75, 3.05) is 6.61 Å². The standard InChI is InChI=1S/C23H26N2O5S/c1-15-9-12-18(31(28,29)25-17-10-11-17)13-20(15)23(27)30-14-22(26)24-21-8-4-6-16-5-2-3-7-19(16)21/h2-3,5,7,9,12-13,17,21,25H,4,6,8,10-11,14H2,1H3,(H,24,26). The van der Waals surface area contributed by atoms with Gasteiger partial charge in [0, 0.05) is 6.04 Å². The van der Waals surface area contributed by atoms with Crippen molar-refractivity contribution in [3.05, 3.63) is 64.7 Å². The molecular weight excluding hydrogens is 416 g/mol. The molecule has 2 aliphatic carbocycles. The highest BCUT2D eigenvalue weighted by atomic mass is 32.2. The minimum atomic E-state index is -3.69. The predicted octanol–water partition coefficient (Wildman–Crippen LogP) is 2.79. The SMILES string of the molecule is Cc1ccc(S(=O)(=O)NC2CC2)cc1C(=O)OCC(=O)NC1CCCc2ccccc21. The van der Waals surface area contributed by atoms with E-state index in [0.29, 0.717) is 5.56 Å². The molecule has 1 saturated carbocycles. The molecule has 2 aliphatic rings. The van der Waals surface area contributed by atoms with Gasteiger partial charge in [-0.15, -0.1) is 0 Å². The van der Waals surface area contributed by atoms with Gasteiger partial charge < -0.3 is 10.1 Å². The van der Waals surface area contributed by atoms with Gasteiger partial charge in [0.05, 0.1) is 16.5 Å². The van der Waals surface area contributed by atoms with Crippen molar-refractivity contribution in [1.29, 1.82) is 0 Å². The van der Waals surface area contributed by atoms with Crippen LogP contribution in [0.5, 0.6) is 0 Å². The maximum Gasteiger partial charge on any atom is 0.338 e. The largest absolute Gasteiger partial charge is 0.452 e. The van der Waals surface area contributed by atoms with Gasteiger partial charge in [0.25, 0.3) is 5.91 Å².